The molecule has 2 heterocycles. The molecule has 18 heavy (non-hydrogen) atoms. The highest BCUT2D eigenvalue weighted by Gasteiger charge is 2.16. The van der Waals surface area contributed by atoms with Crippen LogP contribution in [0.1, 0.15) is 21.9 Å². The monoisotopic (exact) mass is 346 g/mol. The van der Waals surface area contributed by atoms with Gasteiger partial charge in [0.1, 0.15) is 5.82 Å². The third kappa shape index (κ3) is 2.68. The van der Waals surface area contributed by atoms with Gasteiger partial charge in [0.25, 0.3) is 5.91 Å². The number of hydrogen-bond donors (Lipinski definition) is 1. The Bertz CT molecular complexity index is 616. The molecule has 2 rings (SSSR count). The minimum Gasteiger partial charge on any atom is -0.297 e. The van der Waals surface area contributed by atoms with Crippen molar-refractivity contribution in [3.05, 3.63) is 32.8 Å². The van der Waals surface area contributed by atoms with E-state index in [4.69, 9.17) is 11.6 Å². The molecule has 0 aliphatic rings. The average molecular weight is 348 g/mol. The zero-order valence-corrected chi connectivity index (χ0v) is 12.6. The highest BCUT2D eigenvalue weighted by molar-refractivity contribution is 9.10. The van der Waals surface area contributed by atoms with E-state index in [1.54, 1.807) is 13.8 Å². The normalized spacial score (nSPS) is 10.4. The number of rotatable bonds is 2. The van der Waals surface area contributed by atoms with E-state index in [-0.39, 0.29) is 5.91 Å². The third-order valence-corrected chi connectivity index (χ3v) is 4.36. The lowest BCUT2D eigenvalue weighted by Crippen LogP contribution is -2.13. The van der Waals surface area contributed by atoms with Gasteiger partial charge >= 0.3 is 0 Å². The molecular weight excluding hydrogens is 340 g/mol. The SMILES string of the molecule is Cc1nsc(NC(=O)c2cnc(C)c(Cl)c2Br)n1. The van der Waals surface area contributed by atoms with Crippen LogP contribution < -0.4 is 5.32 Å². The molecule has 94 valence electrons. The lowest BCUT2D eigenvalue weighted by Gasteiger charge is -2.06. The highest BCUT2D eigenvalue weighted by atomic mass is 79.9. The van der Waals surface area contributed by atoms with Gasteiger partial charge in [-0.3, -0.25) is 15.1 Å². The largest absolute Gasteiger partial charge is 0.297 e. The van der Waals surface area contributed by atoms with E-state index < -0.39 is 0 Å². The third-order valence-electron chi connectivity index (χ3n) is 2.13. The van der Waals surface area contributed by atoms with Crippen LogP contribution in [0, 0.1) is 13.8 Å². The maximum Gasteiger partial charge on any atom is 0.260 e. The summed E-state index contributed by atoms with van der Waals surface area (Å²) in [6.45, 7) is 3.52. The summed E-state index contributed by atoms with van der Waals surface area (Å²) in [4.78, 5) is 20.1. The first-order valence-electron chi connectivity index (χ1n) is 4.91. The number of anilines is 1. The number of halogens is 2. The Morgan fingerprint density at radius 1 is 1.50 bits per heavy atom. The van der Waals surface area contributed by atoms with Gasteiger partial charge in [-0.1, -0.05) is 11.6 Å². The van der Waals surface area contributed by atoms with Gasteiger partial charge in [-0.25, -0.2) is 4.98 Å². The van der Waals surface area contributed by atoms with E-state index in [2.05, 4.69) is 35.6 Å². The molecule has 0 fully saturated rings. The summed E-state index contributed by atoms with van der Waals surface area (Å²) in [5, 5.41) is 3.52. The Morgan fingerprint density at radius 2 is 2.22 bits per heavy atom. The summed E-state index contributed by atoms with van der Waals surface area (Å²) in [7, 11) is 0. The Balaban J connectivity index is 2.27. The maximum atomic E-state index is 12.0. The minimum absolute atomic E-state index is 0.326. The van der Waals surface area contributed by atoms with Crippen molar-refractivity contribution in [3.8, 4) is 0 Å². The summed E-state index contributed by atoms with van der Waals surface area (Å²) in [5.41, 5.74) is 1.02. The molecular formula is C10H8BrClN4OS. The highest BCUT2D eigenvalue weighted by Crippen LogP contribution is 2.28. The van der Waals surface area contributed by atoms with Gasteiger partial charge in [-0.15, -0.1) is 0 Å². The second-order valence-corrected chi connectivity index (χ2v) is 5.41. The minimum atomic E-state index is -0.326. The summed E-state index contributed by atoms with van der Waals surface area (Å²) in [5.74, 6) is 0.293. The fraction of sp³-hybridized carbons (Fsp3) is 0.200. The molecule has 0 atom stereocenters. The van der Waals surface area contributed by atoms with Crippen LogP contribution in [0.4, 0.5) is 5.13 Å². The van der Waals surface area contributed by atoms with Crippen LogP contribution in [0.15, 0.2) is 10.7 Å². The molecule has 0 unspecified atom stereocenters. The summed E-state index contributed by atoms with van der Waals surface area (Å²) in [6.07, 6.45) is 1.47. The first-order chi connectivity index (χ1) is 8.49. The Morgan fingerprint density at radius 3 is 2.83 bits per heavy atom. The number of carbonyl (C=O) groups is 1. The van der Waals surface area contributed by atoms with Crippen LogP contribution >= 0.6 is 39.1 Å². The van der Waals surface area contributed by atoms with Crippen LogP contribution in [-0.2, 0) is 0 Å². The van der Waals surface area contributed by atoms with Crippen molar-refractivity contribution < 1.29 is 4.79 Å². The molecule has 0 aliphatic heterocycles. The Labute approximate surface area is 121 Å². The van der Waals surface area contributed by atoms with Gasteiger partial charge in [0, 0.05) is 17.7 Å². The van der Waals surface area contributed by atoms with Gasteiger partial charge in [0.05, 0.1) is 20.8 Å². The van der Waals surface area contributed by atoms with E-state index in [0.717, 1.165) is 11.5 Å². The molecule has 1 N–H and O–H groups in total. The Kier molecular flexibility index (Phi) is 3.94. The van der Waals surface area contributed by atoms with Crippen LogP contribution in [-0.4, -0.2) is 20.2 Å². The molecule has 5 nitrogen and oxygen atoms in total. The topological polar surface area (TPSA) is 67.8 Å². The maximum absolute atomic E-state index is 12.0. The molecule has 0 saturated carbocycles. The molecule has 8 heteroatoms. The predicted octanol–water partition coefficient (Wildman–Crippen LogP) is 3.22. The molecule has 0 saturated heterocycles. The Hall–Kier alpha value is -1.05. The van der Waals surface area contributed by atoms with Gasteiger partial charge in [0.2, 0.25) is 5.13 Å². The number of pyridine rings is 1. The number of nitrogens with zero attached hydrogens (tertiary/aromatic N) is 3. The van der Waals surface area contributed by atoms with Crippen molar-refractivity contribution in [2.24, 2.45) is 0 Å². The van der Waals surface area contributed by atoms with E-state index in [1.165, 1.54) is 6.20 Å². The van der Waals surface area contributed by atoms with Crippen molar-refractivity contribution in [3.63, 3.8) is 0 Å². The van der Waals surface area contributed by atoms with Gasteiger partial charge in [0.15, 0.2) is 0 Å². The molecule has 0 aromatic carbocycles. The van der Waals surface area contributed by atoms with Crippen molar-refractivity contribution in [2.75, 3.05) is 5.32 Å². The molecule has 2 aromatic heterocycles. The number of amides is 1. The molecule has 0 spiro atoms. The molecule has 0 radical (unpaired) electrons. The summed E-state index contributed by atoms with van der Waals surface area (Å²) in [6, 6.07) is 0. The molecule has 0 aliphatic carbocycles. The average Bonchev–Trinajstić information content (AvgIpc) is 2.71. The quantitative estimate of drug-likeness (QED) is 0.905. The van der Waals surface area contributed by atoms with Crippen LogP contribution in [0.2, 0.25) is 5.02 Å². The second kappa shape index (κ2) is 5.29. The fourth-order valence-corrected chi connectivity index (χ4v) is 2.51. The molecule has 2 aromatic rings. The predicted molar refractivity (Wildman–Crippen MR) is 74.3 cm³/mol. The van der Waals surface area contributed by atoms with Crippen molar-refractivity contribution >= 4 is 50.1 Å². The van der Waals surface area contributed by atoms with Gasteiger partial charge in [-0.05, 0) is 29.8 Å². The van der Waals surface area contributed by atoms with Gasteiger partial charge in [-0.2, -0.15) is 4.37 Å². The van der Waals surface area contributed by atoms with Crippen molar-refractivity contribution in [1.82, 2.24) is 14.3 Å². The van der Waals surface area contributed by atoms with Gasteiger partial charge < -0.3 is 0 Å². The zero-order chi connectivity index (χ0) is 13.3. The number of aromatic nitrogens is 3. The number of nitrogens with one attached hydrogen (secondary N) is 1. The smallest absolute Gasteiger partial charge is 0.260 e. The zero-order valence-electron chi connectivity index (χ0n) is 9.49. The molecule has 1 amide bonds. The summed E-state index contributed by atoms with van der Waals surface area (Å²) >= 11 is 10.4. The number of carbonyl (C=O) groups excluding carboxylic acids is 1. The lowest BCUT2D eigenvalue weighted by atomic mass is 10.2. The summed E-state index contributed by atoms with van der Waals surface area (Å²) < 4.78 is 4.50. The van der Waals surface area contributed by atoms with E-state index in [0.29, 0.717) is 31.7 Å². The van der Waals surface area contributed by atoms with Crippen LogP contribution in [0.5, 0.6) is 0 Å². The number of aryl methyl sites for hydroxylation is 2. The van der Waals surface area contributed by atoms with Crippen LogP contribution in [0.3, 0.4) is 0 Å². The van der Waals surface area contributed by atoms with E-state index in [9.17, 15) is 4.79 Å². The van der Waals surface area contributed by atoms with Crippen LogP contribution in [0.25, 0.3) is 0 Å². The first-order valence-corrected chi connectivity index (χ1v) is 6.85. The second-order valence-electron chi connectivity index (χ2n) is 3.49. The standard InChI is InChI=1S/C10H8BrClN4OS/c1-4-8(12)7(11)6(3-13-4)9(17)15-10-14-5(2)16-18-10/h3H,1-2H3,(H,14,15,16,17). The van der Waals surface area contributed by atoms with E-state index >= 15 is 0 Å². The lowest BCUT2D eigenvalue weighted by molar-refractivity contribution is 0.102. The fourth-order valence-electron chi connectivity index (χ4n) is 1.22. The van der Waals surface area contributed by atoms with Crippen molar-refractivity contribution in [1.29, 1.82) is 0 Å². The van der Waals surface area contributed by atoms with E-state index in [1.807, 2.05) is 0 Å². The number of hydrogen-bond acceptors (Lipinski definition) is 5. The van der Waals surface area contributed by atoms with Crippen molar-refractivity contribution in [2.45, 2.75) is 13.8 Å². The molecule has 0 bridgehead atoms. The first kappa shape index (κ1) is 13.4.